The summed E-state index contributed by atoms with van der Waals surface area (Å²) in [6.45, 7) is 1.62. The molecule has 9 heteroatoms. The summed E-state index contributed by atoms with van der Waals surface area (Å²) in [6, 6.07) is 0. The molecule has 0 fully saturated rings. The number of hydrogen-bond acceptors (Lipinski definition) is 8. The summed E-state index contributed by atoms with van der Waals surface area (Å²) in [5.74, 6) is 0. The van der Waals surface area contributed by atoms with E-state index in [0.29, 0.717) is 38.9 Å². The molecule has 0 N–H and O–H groups in total. The minimum Gasteiger partial charge on any atom is -0.359 e. The lowest BCUT2D eigenvalue weighted by Gasteiger charge is -2.06. The Labute approximate surface area is 126 Å². The minimum atomic E-state index is -3.91. The summed E-state index contributed by atoms with van der Waals surface area (Å²) in [6.07, 6.45) is 2.51. The van der Waals surface area contributed by atoms with Crippen molar-refractivity contribution in [2.45, 2.75) is 25.7 Å². The first-order valence-corrected chi connectivity index (χ1v) is 8.13. The lowest BCUT2D eigenvalue weighted by molar-refractivity contribution is -0.0322. The van der Waals surface area contributed by atoms with E-state index in [1.165, 1.54) is 14.2 Å². The van der Waals surface area contributed by atoms with Crippen LogP contribution in [0.15, 0.2) is 0 Å². The highest BCUT2D eigenvalue weighted by molar-refractivity contribution is 7.81. The molecule has 0 amide bonds. The molecule has 0 bridgehead atoms. The molecule has 0 unspecified atom stereocenters. The average Bonchev–Trinajstić information content (AvgIpc) is 2.45. The van der Waals surface area contributed by atoms with E-state index in [-0.39, 0.29) is 26.8 Å². The van der Waals surface area contributed by atoms with Crippen LogP contribution in [0, 0.1) is 0 Å². The van der Waals surface area contributed by atoms with Gasteiger partial charge in [-0.25, -0.2) is 8.37 Å². The SMILES string of the molecule is COCOCCCCOS(=O)(=O)OCCCCOCOC. The number of methoxy groups -OCH3 is 2. The van der Waals surface area contributed by atoms with E-state index >= 15 is 0 Å². The fourth-order valence-electron chi connectivity index (χ4n) is 1.25. The van der Waals surface area contributed by atoms with Crippen LogP contribution in [0.4, 0.5) is 0 Å². The normalized spacial score (nSPS) is 11.9. The van der Waals surface area contributed by atoms with Crippen LogP contribution in [0.2, 0.25) is 0 Å². The molecule has 0 radical (unpaired) electrons. The quantitative estimate of drug-likeness (QED) is 0.307. The predicted octanol–water partition coefficient (Wildman–Crippen LogP) is 1.07. The van der Waals surface area contributed by atoms with Crippen LogP contribution < -0.4 is 0 Å². The highest BCUT2D eigenvalue weighted by Crippen LogP contribution is 2.02. The fraction of sp³-hybridized carbons (Fsp3) is 1.00. The van der Waals surface area contributed by atoms with Gasteiger partial charge in [-0.2, -0.15) is 8.42 Å². The van der Waals surface area contributed by atoms with Gasteiger partial charge in [0, 0.05) is 27.4 Å². The highest BCUT2D eigenvalue weighted by Gasteiger charge is 2.10. The Morgan fingerprint density at radius 3 is 1.43 bits per heavy atom. The molecule has 0 aliphatic carbocycles. The van der Waals surface area contributed by atoms with Gasteiger partial charge in [0.15, 0.2) is 0 Å². The Bertz CT molecular complexity index is 282. The number of hydrogen-bond donors (Lipinski definition) is 0. The lowest BCUT2D eigenvalue weighted by Crippen LogP contribution is -2.13. The summed E-state index contributed by atoms with van der Waals surface area (Å²) >= 11 is 0. The molecular formula is C12H26O8S. The van der Waals surface area contributed by atoms with Crippen molar-refractivity contribution >= 4 is 10.4 Å². The Balaban J connectivity index is 3.39. The van der Waals surface area contributed by atoms with Crippen molar-refractivity contribution in [2.24, 2.45) is 0 Å². The van der Waals surface area contributed by atoms with E-state index in [4.69, 9.17) is 27.3 Å². The van der Waals surface area contributed by atoms with Crippen molar-refractivity contribution in [3.63, 3.8) is 0 Å². The zero-order valence-corrected chi connectivity index (χ0v) is 13.6. The van der Waals surface area contributed by atoms with Crippen molar-refractivity contribution in [1.29, 1.82) is 0 Å². The molecule has 0 aromatic rings. The average molecular weight is 330 g/mol. The third-order valence-corrected chi connectivity index (χ3v) is 3.13. The second kappa shape index (κ2) is 14.6. The third-order valence-electron chi connectivity index (χ3n) is 2.22. The molecule has 0 atom stereocenters. The zero-order chi connectivity index (χ0) is 15.8. The summed E-state index contributed by atoms with van der Waals surface area (Å²) in [4.78, 5) is 0. The standard InChI is InChI=1S/C12H26O8S/c1-15-11-17-7-3-5-9-19-21(13,14)20-10-6-4-8-18-12-16-2/h3-12H2,1-2H3. The monoisotopic (exact) mass is 330 g/mol. The van der Waals surface area contributed by atoms with E-state index in [1.807, 2.05) is 0 Å². The highest BCUT2D eigenvalue weighted by atomic mass is 32.3. The van der Waals surface area contributed by atoms with E-state index in [1.54, 1.807) is 0 Å². The molecule has 0 rings (SSSR count). The summed E-state index contributed by atoms with van der Waals surface area (Å²) < 4.78 is 51.6. The fourth-order valence-corrected chi connectivity index (χ4v) is 1.96. The second-order valence-electron chi connectivity index (χ2n) is 4.10. The van der Waals surface area contributed by atoms with Gasteiger partial charge in [0.2, 0.25) is 0 Å². The molecular weight excluding hydrogens is 304 g/mol. The van der Waals surface area contributed by atoms with Gasteiger partial charge in [0.1, 0.15) is 13.6 Å². The number of rotatable bonds is 16. The van der Waals surface area contributed by atoms with Gasteiger partial charge in [0.05, 0.1) is 13.2 Å². The number of unbranched alkanes of at least 4 members (excludes halogenated alkanes) is 2. The van der Waals surface area contributed by atoms with Crippen LogP contribution in [0.5, 0.6) is 0 Å². The maximum absolute atomic E-state index is 11.4. The molecule has 8 nitrogen and oxygen atoms in total. The van der Waals surface area contributed by atoms with Gasteiger partial charge in [-0.1, -0.05) is 0 Å². The van der Waals surface area contributed by atoms with Crippen molar-refractivity contribution in [3.05, 3.63) is 0 Å². The van der Waals surface area contributed by atoms with Crippen LogP contribution in [0.3, 0.4) is 0 Å². The van der Waals surface area contributed by atoms with Crippen LogP contribution in [0.1, 0.15) is 25.7 Å². The van der Waals surface area contributed by atoms with E-state index < -0.39 is 10.4 Å². The van der Waals surface area contributed by atoms with E-state index in [0.717, 1.165) is 0 Å². The summed E-state index contributed by atoms with van der Waals surface area (Å²) in [7, 11) is -0.831. The molecule has 0 aromatic heterocycles. The van der Waals surface area contributed by atoms with E-state index in [9.17, 15) is 8.42 Å². The molecule has 0 spiro atoms. The first-order chi connectivity index (χ1) is 10.1. The van der Waals surface area contributed by atoms with Crippen molar-refractivity contribution < 1.29 is 35.7 Å². The number of ether oxygens (including phenoxy) is 4. The summed E-state index contributed by atoms with van der Waals surface area (Å²) in [5, 5.41) is 0. The molecule has 21 heavy (non-hydrogen) atoms. The minimum absolute atomic E-state index is 0.0790. The largest absolute Gasteiger partial charge is 0.399 e. The lowest BCUT2D eigenvalue weighted by atomic mass is 10.3. The van der Waals surface area contributed by atoms with Crippen LogP contribution in [-0.4, -0.2) is 62.7 Å². The molecule has 0 aliphatic rings. The Kier molecular flexibility index (Phi) is 14.4. The van der Waals surface area contributed by atoms with Gasteiger partial charge >= 0.3 is 10.4 Å². The van der Waals surface area contributed by atoms with Gasteiger partial charge in [-0.15, -0.1) is 0 Å². The van der Waals surface area contributed by atoms with Crippen molar-refractivity contribution in [3.8, 4) is 0 Å². The molecule has 0 heterocycles. The zero-order valence-electron chi connectivity index (χ0n) is 12.7. The van der Waals surface area contributed by atoms with E-state index in [2.05, 4.69) is 0 Å². The smallest absolute Gasteiger partial charge is 0.359 e. The first-order valence-electron chi connectivity index (χ1n) is 6.79. The third kappa shape index (κ3) is 15.9. The van der Waals surface area contributed by atoms with Crippen molar-refractivity contribution in [2.75, 3.05) is 54.2 Å². The maximum Gasteiger partial charge on any atom is 0.399 e. The van der Waals surface area contributed by atoms with Gasteiger partial charge in [0.25, 0.3) is 0 Å². The molecule has 0 saturated heterocycles. The molecule has 128 valence electrons. The van der Waals surface area contributed by atoms with Crippen LogP contribution in [0.25, 0.3) is 0 Å². The summed E-state index contributed by atoms with van der Waals surface area (Å²) in [5.41, 5.74) is 0. The first kappa shape index (κ1) is 20.7. The van der Waals surface area contributed by atoms with Gasteiger partial charge < -0.3 is 18.9 Å². The van der Waals surface area contributed by atoms with Crippen LogP contribution in [-0.2, 0) is 37.7 Å². The molecule has 0 saturated carbocycles. The van der Waals surface area contributed by atoms with Gasteiger partial charge in [-0.05, 0) is 25.7 Å². The Morgan fingerprint density at radius 1 is 0.667 bits per heavy atom. The van der Waals surface area contributed by atoms with Crippen molar-refractivity contribution in [1.82, 2.24) is 0 Å². The maximum atomic E-state index is 11.4. The van der Waals surface area contributed by atoms with Crippen LogP contribution >= 0.6 is 0 Å². The topological polar surface area (TPSA) is 89.5 Å². The van der Waals surface area contributed by atoms with Gasteiger partial charge in [-0.3, -0.25) is 0 Å². The predicted molar refractivity (Wildman–Crippen MR) is 74.9 cm³/mol. The molecule has 0 aliphatic heterocycles. The molecule has 0 aromatic carbocycles. The Morgan fingerprint density at radius 2 is 1.05 bits per heavy atom. The second-order valence-corrected chi connectivity index (χ2v) is 5.38. The Hall–Kier alpha value is -0.290.